The first-order valence-corrected chi connectivity index (χ1v) is 12.5. The van der Waals surface area contributed by atoms with E-state index in [0.29, 0.717) is 7.14 Å². The number of ether oxygens (including phenoxy) is 2. The van der Waals surface area contributed by atoms with Crippen molar-refractivity contribution in [2.24, 2.45) is 0 Å². The van der Waals surface area contributed by atoms with E-state index in [0.717, 1.165) is 21.8 Å². The van der Waals surface area contributed by atoms with Crippen molar-refractivity contribution in [1.29, 1.82) is 0 Å². The summed E-state index contributed by atoms with van der Waals surface area (Å²) in [5.74, 6) is -2.88. The molecule has 0 radical (unpaired) electrons. The number of nitro benzene ring substituents is 1. The largest absolute Gasteiger partial charge is 0.454 e. The van der Waals surface area contributed by atoms with Gasteiger partial charge in [-0.25, -0.2) is 9.59 Å². The number of hydrogen-bond acceptors (Lipinski definition) is 8. The molecule has 32 heavy (non-hydrogen) atoms. The van der Waals surface area contributed by atoms with Gasteiger partial charge in [-0.15, -0.1) is 0 Å². The van der Waals surface area contributed by atoms with E-state index in [9.17, 15) is 36.9 Å². The Kier molecular flexibility index (Phi) is 8.72. The zero-order valence-corrected chi connectivity index (χ0v) is 22.3. The van der Waals surface area contributed by atoms with Crippen LogP contribution in [0.2, 0.25) is 0 Å². The van der Waals surface area contributed by atoms with E-state index < -0.39 is 50.1 Å². The summed E-state index contributed by atoms with van der Waals surface area (Å²) in [5, 5.41) is 6.33. The Hall–Kier alpha value is -1.26. The molecule has 0 aliphatic heterocycles. The summed E-state index contributed by atoms with van der Waals surface area (Å²) in [6, 6.07) is 5.91. The van der Waals surface area contributed by atoms with Gasteiger partial charge in [0.2, 0.25) is 0 Å². The molecule has 0 heterocycles. The van der Waals surface area contributed by atoms with Crippen LogP contribution in [-0.2, 0) is 14.9 Å². The molecule has 2 aromatic rings. The van der Waals surface area contributed by atoms with Gasteiger partial charge in [-0.3, -0.25) is 14.7 Å². The van der Waals surface area contributed by atoms with Gasteiger partial charge >= 0.3 is 27.3 Å². The summed E-state index contributed by atoms with van der Waals surface area (Å²) in [5.41, 5.74) is -1.55. The second kappa shape index (κ2) is 10.3. The number of rotatable bonds is 7. The fourth-order valence-corrected chi connectivity index (χ4v) is 6.33. The lowest BCUT2D eigenvalue weighted by atomic mass is 10.1. The van der Waals surface area contributed by atoms with Crippen LogP contribution in [0.1, 0.15) is 20.7 Å². The number of halogens is 5. The molecular weight excluding hydrogens is 801 g/mol. The maximum Gasteiger partial charge on any atom is 0.402 e. The zero-order valence-electron chi connectivity index (χ0n) is 15.1. The van der Waals surface area contributed by atoms with Crippen molar-refractivity contribution in [3.05, 3.63) is 62.3 Å². The summed E-state index contributed by atoms with van der Waals surface area (Å²) in [7, 11) is -5.89. The van der Waals surface area contributed by atoms with E-state index in [1.807, 2.05) is 45.2 Å². The Morgan fingerprint density at radius 2 is 1.66 bits per heavy atom. The van der Waals surface area contributed by atoms with Gasteiger partial charge in [-0.1, -0.05) is 0 Å². The molecule has 0 bridgehead atoms. The molecule has 0 aliphatic rings. The van der Waals surface area contributed by atoms with Crippen LogP contribution in [0.25, 0.3) is 0 Å². The molecule has 0 atom stereocenters. The monoisotopic (exact) mass is 809 g/mol. The third-order valence-corrected chi connectivity index (χ3v) is 6.75. The summed E-state index contributed by atoms with van der Waals surface area (Å²) < 4.78 is 67.5. The first-order valence-electron chi connectivity index (χ1n) is 7.81. The van der Waals surface area contributed by atoms with Crippen molar-refractivity contribution >= 4 is 95.5 Å². The van der Waals surface area contributed by atoms with Crippen LogP contribution in [0.5, 0.6) is 5.75 Å². The van der Waals surface area contributed by atoms with Crippen molar-refractivity contribution in [3.63, 3.8) is 0 Å². The minimum absolute atomic E-state index is 0.196. The normalized spacial score (nSPS) is 11.7. The van der Waals surface area contributed by atoms with Gasteiger partial charge in [0.05, 0.1) is 10.5 Å². The average molecular weight is 809 g/mol. The van der Waals surface area contributed by atoms with E-state index in [2.05, 4.69) is 27.3 Å². The fraction of sp³-hybridized carbons (Fsp3) is 0.125. The van der Waals surface area contributed by atoms with Gasteiger partial charge in [0.25, 0.3) is 5.69 Å². The number of nitro groups is 1. The lowest BCUT2D eigenvalue weighted by Gasteiger charge is -2.13. The van der Waals surface area contributed by atoms with Crippen molar-refractivity contribution in [3.8, 4) is 5.75 Å². The third-order valence-electron chi connectivity index (χ3n) is 3.55. The molecule has 2 aromatic carbocycles. The Balaban J connectivity index is 2.35. The van der Waals surface area contributed by atoms with Crippen molar-refractivity contribution in [2.75, 3.05) is 6.61 Å². The van der Waals surface area contributed by atoms with Gasteiger partial charge in [-0.05, 0) is 86.0 Å². The maximum absolute atomic E-state index is 13.3. The molecule has 172 valence electrons. The molecule has 0 saturated heterocycles. The molecule has 0 aliphatic carbocycles. The van der Waals surface area contributed by atoms with Gasteiger partial charge in [-0.2, -0.15) is 17.2 Å². The second-order valence-electron chi connectivity index (χ2n) is 5.76. The summed E-state index contributed by atoms with van der Waals surface area (Å²) in [6.07, 6.45) is 0. The standard InChI is InChI=1S/C16H8F2I3NO9S/c17-16(18,32(27,28)29)6-30-14(23)9-5-8(1-2-12(9)22(25)26)31-15(24)13-10(20)3-7(19)4-11(13)21/h1-5H,6H2,(H,27,28,29). The lowest BCUT2D eigenvalue weighted by Crippen LogP contribution is -2.34. The van der Waals surface area contributed by atoms with Crippen LogP contribution >= 0.6 is 67.8 Å². The number of carbonyl (C=O) groups excluding carboxylic acids is 2. The molecule has 16 heteroatoms. The summed E-state index contributed by atoms with van der Waals surface area (Å²) >= 11 is 5.87. The number of benzene rings is 2. The van der Waals surface area contributed by atoms with E-state index in [4.69, 9.17) is 9.29 Å². The predicted molar refractivity (Wildman–Crippen MR) is 129 cm³/mol. The predicted octanol–water partition coefficient (Wildman–Crippen LogP) is 4.27. The molecule has 2 rings (SSSR count). The van der Waals surface area contributed by atoms with Crippen LogP contribution in [0.4, 0.5) is 14.5 Å². The fourth-order valence-electron chi connectivity index (χ4n) is 2.10. The number of alkyl halides is 2. The number of esters is 2. The topological polar surface area (TPSA) is 150 Å². The van der Waals surface area contributed by atoms with Crippen LogP contribution in [-0.4, -0.2) is 41.7 Å². The lowest BCUT2D eigenvalue weighted by molar-refractivity contribution is -0.385. The van der Waals surface area contributed by atoms with Crippen LogP contribution in [0.3, 0.4) is 0 Å². The summed E-state index contributed by atoms with van der Waals surface area (Å²) in [6.45, 7) is -2.09. The highest BCUT2D eigenvalue weighted by Gasteiger charge is 2.46. The van der Waals surface area contributed by atoms with Crippen molar-refractivity contribution in [1.82, 2.24) is 0 Å². The van der Waals surface area contributed by atoms with Crippen LogP contribution < -0.4 is 4.74 Å². The molecule has 0 aromatic heterocycles. The van der Waals surface area contributed by atoms with E-state index >= 15 is 0 Å². The van der Waals surface area contributed by atoms with Crippen LogP contribution in [0.15, 0.2) is 30.3 Å². The molecular formula is C16H8F2I3NO9S. The highest BCUT2D eigenvalue weighted by Crippen LogP contribution is 2.29. The first-order chi connectivity index (χ1) is 14.6. The highest BCUT2D eigenvalue weighted by molar-refractivity contribution is 14.1. The zero-order chi connectivity index (χ0) is 24.4. The second-order valence-corrected chi connectivity index (χ2v) is 10.9. The highest BCUT2D eigenvalue weighted by atomic mass is 127. The van der Waals surface area contributed by atoms with Crippen LogP contribution in [0, 0.1) is 20.8 Å². The van der Waals surface area contributed by atoms with E-state index in [1.54, 1.807) is 12.1 Å². The smallest absolute Gasteiger partial charge is 0.402 e. The third kappa shape index (κ3) is 6.41. The van der Waals surface area contributed by atoms with Gasteiger partial charge < -0.3 is 9.47 Å². The van der Waals surface area contributed by atoms with E-state index in [-0.39, 0.29) is 11.3 Å². The molecule has 0 fully saturated rings. The Morgan fingerprint density at radius 1 is 1.09 bits per heavy atom. The molecule has 0 spiro atoms. The van der Waals surface area contributed by atoms with Crippen molar-refractivity contribution in [2.45, 2.75) is 5.25 Å². The SMILES string of the molecule is O=C(OCC(F)(F)S(=O)(=O)O)c1cc(OC(=O)c2c(I)cc(I)cc2I)ccc1[N+](=O)[O-]. The van der Waals surface area contributed by atoms with Gasteiger partial charge in [0, 0.05) is 22.8 Å². The minimum Gasteiger partial charge on any atom is -0.454 e. The molecule has 10 nitrogen and oxygen atoms in total. The Labute approximate surface area is 219 Å². The molecule has 0 unspecified atom stereocenters. The number of carbonyl (C=O) groups is 2. The average Bonchev–Trinajstić information content (AvgIpc) is 2.64. The van der Waals surface area contributed by atoms with Crippen molar-refractivity contribution < 1.29 is 45.7 Å². The molecule has 0 saturated carbocycles. The number of nitrogens with zero attached hydrogens (tertiary/aromatic N) is 1. The summed E-state index contributed by atoms with van der Waals surface area (Å²) in [4.78, 5) is 34.8. The Bertz CT molecular complexity index is 1200. The van der Waals surface area contributed by atoms with Gasteiger partial charge in [0.1, 0.15) is 11.3 Å². The van der Waals surface area contributed by atoms with Gasteiger partial charge in [0.15, 0.2) is 6.61 Å². The molecule has 0 amide bonds. The quantitative estimate of drug-likeness (QED) is 0.108. The van der Waals surface area contributed by atoms with E-state index in [1.165, 1.54) is 0 Å². The minimum atomic E-state index is -5.89. The first kappa shape index (κ1) is 27.0. The number of hydrogen-bond donors (Lipinski definition) is 1. The Morgan fingerprint density at radius 3 is 2.16 bits per heavy atom. The molecule has 1 N–H and O–H groups in total. The maximum atomic E-state index is 13.3.